The summed E-state index contributed by atoms with van der Waals surface area (Å²) < 4.78 is 0. The van der Waals surface area contributed by atoms with E-state index in [0.717, 1.165) is 19.3 Å². The summed E-state index contributed by atoms with van der Waals surface area (Å²) in [7, 11) is 0. The molecule has 2 atom stereocenters. The van der Waals surface area contributed by atoms with Crippen molar-refractivity contribution in [1.29, 1.82) is 0 Å². The second-order valence-corrected chi connectivity index (χ2v) is 6.30. The molecule has 2 unspecified atom stereocenters. The first-order valence-electron chi connectivity index (χ1n) is 7.87. The molecule has 1 fully saturated rings. The minimum atomic E-state index is -0.528. The van der Waals surface area contributed by atoms with Gasteiger partial charge >= 0.3 is 0 Å². The topological polar surface area (TPSA) is 121 Å². The zero-order valence-electron chi connectivity index (χ0n) is 13.0. The Hall–Kier alpha value is -2.76. The Kier molecular flexibility index (Phi) is 4.05. The third-order valence-electron chi connectivity index (χ3n) is 4.88. The third kappa shape index (κ3) is 2.64. The van der Waals surface area contributed by atoms with Gasteiger partial charge in [-0.1, -0.05) is 18.6 Å². The van der Waals surface area contributed by atoms with Crippen molar-refractivity contribution in [3.8, 4) is 34.5 Å². The average Bonchev–Trinajstić information content (AvgIpc) is 2.58. The van der Waals surface area contributed by atoms with Gasteiger partial charge in [-0.15, -0.1) is 0 Å². The summed E-state index contributed by atoms with van der Waals surface area (Å²) >= 11 is 0. The van der Waals surface area contributed by atoms with Crippen LogP contribution in [0.3, 0.4) is 0 Å². The van der Waals surface area contributed by atoms with Crippen molar-refractivity contribution in [3.05, 3.63) is 35.4 Å². The van der Waals surface area contributed by atoms with E-state index in [2.05, 4.69) is 0 Å². The summed E-state index contributed by atoms with van der Waals surface area (Å²) in [5.41, 5.74) is 1.11. The highest BCUT2D eigenvalue weighted by atomic mass is 16.3. The second-order valence-electron chi connectivity index (χ2n) is 6.30. The van der Waals surface area contributed by atoms with Crippen LogP contribution < -0.4 is 0 Å². The lowest BCUT2D eigenvalue weighted by molar-refractivity contribution is 0.338. The number of benzene rings is 2. The number of hydrogen-bond donors (Lipinski definition) is 6. The van der Waals surface area contributed by atoms with E-state index in [0.29, 0.717) is 17.5 Å². The first-order valence-corrected chi connectivity index (χ1v) is 7.87. The summed E-state index contributed by atoms with van der Waals surface area (Å²) in [5.74, 6) is -2.54. The van der Waals surface area contributed by atoms with E-state index in [4.69, 9.17) is 0 Å². The maximum Gasteiger partial charge on any atom is 0.200 e. The van der Waals surface area contributed by atoms with Gasteiger partial charge in [-0.2, -0.15) is 0 Å². The third-order valence-corrected chi connectivity index (χ3v) is 4.88. The first-order chi connectivity index (χ1) is 11.4. The molecule has 2 aromatic carbocycles. The zero-order valence-corrected chi connectivity index (χ0v) is 13.0. The molecule has 1 saturated carbocycles. The number of phenolic OH excluding ortho intramolecular Hbond substituents is 6. The highest BCUT2D eigenvalue weighted by molar-refractivity contribution is 5.56. The molecule has 0 aliphatic heterocycles. The highest BCUT2D eigenvalue weighted by Crippen LogP contribution is 2.50. The quantitative estimate of drug-likeness (QED) is 0.469. The predicted octanol–water partition coefficient (Wildman–Crippen LogP) is 3.36. The number of phenols is 6. The maximum atomic E-state index is 10.1. The standard InChI is InChI=1S/C18H20O6/c19-13-6-4-11(15(21)17(13)23)9-2-1-3-10(8-9)12-5-7-14(20)18(24)16(12)22/h4-7,9-10,19-24H,1-3,8H2. The lowest BCUT2D eigenvalue weighted by Crippen LogP contribution is -2.13. The molecular weight excluding hydrogens is 312 g/mol. The average molecular weight is 332 g/mol. The van der Waals surface area contributed by atoms with Crippen molar-refractivity contribution in [2.75, 3.05) is 0 Å². The van der Waals surface area contributed by atoms with Gasteiger partial charge in [0, 0.05) is 11.1 Å². The molecule has 0 spiro atoms. The molecule has 1 aliphatic rings. The predicted molar refractivity (Wildman–Crippen MR) is 86.8 cm³/mol. The minimum absolute atomic E-state index is 0.0504. The van der Waals surface area contributed by atoms with Gasteiger partial charge < -0.3 is 30.6 Å². The molecule has 0 aromatic heterocycles. The zero-order chi connectivity index (χ0) is 17.4. The van der Waals surface area contributed by atoms with Gasteiger partial charge in [-0.05, 0) is 43.2 Å². The molecular formula is C18H20O6. The smallest absolute Gasteiger partial charge is 0.200 e. The number of hydrogen-bond acceptors (Lipinski definition) is 6. The van der Waals surface area contributed by atoms with Crippen LogP contribution in [0.15, 0.2) is 24.3 Å². The highest BCUT2D eigenvalue weighted by Gasteiger charge is 2.29. The van der Waals surface area contributed by atoms with Crippen LogP contribution in [0.25, 0.3) is 0 Å². The molecule has 0 heterocycles. The minimum Gasteiger partial charge on any atom is -0.504 e. The summed E-state index contributed by atoms with van der Waals surface area (Å²) in [6.07, 6.45) is 3.06. The maximum absolute atomic E-state index is 10.1. The van der Waals surface area contributed by atoms with E-state index in [1.807, 2.05) is 0 Å². The van der Waals surface area contributed by atoms with Crippen molar-refractivity contribution >= 4 is 0 Å². The SMILES string of the molecule is Oc1ccc(C2CCCC(c3ccc(O)c(O)c3O)C2)c(O)c1O. The van der Waals surface area contributed by atoms with Crippen molar-refractivity contribution < 1.29 is 30.6 Å². The van der Waals surface area contributed by atoms with E-state index in [9.17, 15) is 30.6 Å². The van der Waals surface area contributed by atoms with E-state index in [1.54, 1.807) is 12.1 Å². The Morgan fingerprint density at radius 1 is 0.583 bits per heavy atom. The van der Waals surface area contributed by atoms with Gasteiger partial charge in [-0.25, -0.2) is 0 Å². The molecule has 128 valence electrons. The fourth-order valence-corrected chi connectivity index (χ4v) is 3.58. The molecule has 6 N–H and O–H groups in total. The molecule has 0 bridgehead atoms. The largest absolute Gasteiger partial charge is 0.504 e. The van der Waals surface area contributed by atoms with Gasteiger partial charge in [0.15, 0.2) is 23.0 Å². The molecule has 1 aliphatic carbocycles. The van der Waals surface area contributed by atoms with Gasteiger partial charge in [0.1, 0.15) is 0 Å². The Morgan fingerprint density at radius 2 is 1.00 bits per heavy atom. The fourth-order valence-electron chi connectivity index (χ4n) is 3.58. The van der Waals surface area contributed by atoms with Crippen LogP contribution in [0.5, 0.6) is 34.5 Å². The summed E-state index contributed by atoms with van der Waals surface area (Å²) in [6, 6.07) is 5.87. The summed E-state index contributed by atoms with van der Waals surface area (Å²) in [5, 5.41) is 58.5. The van der Waals surface area contributed by atoms with Crippen molar-refractivity contribution in [2.45, 2.75) is 37.5 Å². The molecule has 0 saturated heterocycles. The van der Waals surface area contributed by atoms with E-state index < -0.39 is 11.5 Å². The Labute approximate surface area is 138 Å². The van der Waals surface area contributed by atoms with Crippen molar-refractivity contribution in [3.63, 3.8) is 0 Å². The normalized spacial score (nSPS) is 20.8. The van der Waals surface area contributed by atoms with Crippen LogP contribution in [-0.2, 0) is 0 Å². The van der Waals surface area contributed by atoms with E-state index >= 15 is 0 Å². The van der Waals surface area contributed by atoms with Crippen molar-refractivity contribution in [2.24, 2.45) is 0 Å². The van der Waals surface area contributed by atoms with E-state index in [1.165, 1.54) is 12.1 Å². The molecule has 2 aromatic rings. The first kappa shape index (κ1) is 16.1. The van der Waals surface area contributed by atoms with Gasteiger partial charge in [-0.3, -0.25) is 0 Å². The molecule has 6 heteroatoms. The van der Waals surface area contributed by atoms with Gasteiger partial charge in [0.2, 0.25) is 11.5 Å². The van der Waals surface area contributed by atoms with Crippen LogP contribution in [0.2, 0.25) is 0 Å². The second kappa shape index (κ2) is 6.03. The van der Waals surface area contributed by atoms with Crippen LogP contribution in [0.1, 0.15) is 48.6 Å². The lowest BCUT2D eigenvalue weighted by atomic mass is 9.74. The van der Waals surface area contributed by atoms with Crippen LogP contribution in [0, 0.1) is 0 Å². The van der Waals surface area contributed by atoms with Crippen LogP contribution >= 0.6 is 0 Å². The molecule has 0 radical (unpaired) electrons. The van der Waals surface area contributed by atoms with Gasteiger partial charge in [0.05, 0.1) is 0 Å². The number of aromatic hydroxyl groups is 6. The Morgan fingerprint density at radius 3 is 1.42 bits per heavy atom. The van der Waals surface area contributed by atoms with Crippen LogP contribution in [-0.4, -0.2) is 30.6 Å². The Balaban J connectivity index is 1.91. The van der Waals surface area contributed by atoms with Gasteiger partial charge in [0.25, 0.3) is 0 Å². The van der Waals surface area contributed by atoms with E-state index in [-0.39, 0.29) is 34.8 Å². The van der Waals surface area contributed by atoms with Crippen molar-refractivity contribution in [1.82, 2.24) is 0 Å². The summed E-state index contributed by atoms with van der Waals surface area (Å²) in [6.45, 7) is 0. The summed E-state index contributed by atoms with van der Waals surface area (Å²) in [4.78, 5) is 0. The monoisotopic (exact) mass is 332 g/mol. The number of rotatable bonds is 2. The Bertz CT molecular complexity index is 707. The molecule has 6 nitrogen and oxygen atoms in total. The lowest BCUT2D eigenvalue weighted by Gasteiger charge is -2.30. The molecule has 3 rings (SSSR count). The fraction of sp³-hybridized carbons (Fsp3) is 0.333. The molecule has 24 heavy (non-hydrogen) atoms. The van der Waals surface area contributed by atoms with Crippen LogP contribution in [0.4, 0.5) is 0 Å². The molecule has 0 amide bonds.